The van der Waals surface area contributed by atoms with Crippen LogP contribution in [0.4, 0.5) is 24.8 Å². The Hall–Kier alpha value is -4.06. The van der Waals surface area contributed by atoms with Crippen LogP contribution in [0.15, 0.2) is 48.9 Å². The molecule has 1 aliphatic heterocycles. The van der Waals surface area contributed by atoms with Gasteiger partial charge < -0.3 is 16.0 Å². The number of alkyl halides is 3. The van der Waals surface area contributed by atoms with Crippen molar-refractivity contribution >= 4 is 23.1 Å². The van der Waals surface area contributed by atoms with Gasteiger partial charge in [0.2, 0.25) is 0 Å². The summed E-state index contributed by atoms with van der Waals surface area (Å²) in [4.78, 5) is 27.7. The van der Waals surface area contributed by atoms with Gasteiger partial charge in [-0.15, -0.1) is 0 Å². The Kier molecular flexibility index (Phi) is 6.04. The summed E-state index contributed by atoms with van der Waals surface area (Å²) in [7, 11) is 2.07. The van der Waals surface area contributed by atoms with Crippen molar-refractivity contribution in [2.24, 2.45) is 0 Å². The van der Waals surface area contributed by atoms with E-state index in [-0.39, 0.29) is 17.3 Å². The second kappa shape index (κ2) is 9.19. The first-order valence-electron chi connectivity index (χ1n) is 11.3. The van der Waals surface area contributed by atoms with Crippen LogP contribution in [0.5, 0.6) is 0 Å². The van der Waals surface area contributed by atoms with Crippen LogP contribution in [0, 0.1) is 0 Å². The van der Waals surface area contributed by atoms with E-state index in [0.717, 1.165) is 50.1 Å². The van der Waals surface area contributed by atoms with Crippen LogP contribution in [-0.4, -0.2) is 55.5 Å². The summed E-state index contributed by atoms with van der Waals surface area (Å²) in [6.07, 6.45) is -0.0978. The fraction of sp³-hybridized carbons (Fsp3) is 0.292. The maximum atomic E-state index is 12.9. The maximum Gasteiger partial charge on any atom is 0.416 e. The van der Waals surface area contributed by atoms with E-state index in [9.17, 15) is 18.0 Å². The minimum Gasteiger partial charge on any atom is -0.382 e. The highest BCUT2D eigenvalue weighted by atomic mass is 19.4. The van der Waals surface area contributed by atoms with Crippen molar-refractivity contribution in [2.45, 2.75) is 24.9 Å². The van der Waals surface area contributed by atoms with E-state index >= 15 is 0 Å². The van der Waals surface area contributed by atoms with Gasteiger partial charge in [-0.1, -0.05) is 12.1 Å². The molecule has 0 radical (unpaired) electrons. The molecule has 12 heteroatoms. The first-order chi connectivity index (χ1) is 17.2. The number of nitrogen functional groups attached to an aromatic ring is 1. The Morgan fingerprint density at radius 1 is 1.17 bits per heavy atom. The van der Waals surface area contributed by atoms with Crippen molar-refractivity contribution < 1.29 is 18.0 Å². The van der Waals surface area contributed by atoms with Gasteiger partial charge in [-0.25, -0.2) is 19.5 Å². The number of aromatic nitrogens is 5. The third-order valence-electron chi connectivity index (χ3n) is 6.23. The molecule has 1 aromatic carbocycles. The zero-order chi connectivity index (χ0) is 25.4. The summed E-state index contributed by atoms with van der Waals surface area (Å²) in [5.74, 6) is 0.505. The van der Waals surface area contributed by atoms with E-state index < -0.39 is 17.6 Å². The number of piperidine rings is 1. The fourth-order valence-corrected chi connectivity index (χ4v) is 4.46. The number of amides is 1. The number of likely N-dealkylation sites (tertiary alicyclic amines) is 1. The second-order valence-electron chi connectivity index (χ2n) is 8.78. The van der Waals surface area contributed by atoms with Crippen molar-refractivity contribution in [3.05, 3.63) is 65.9 Å². The fourth-order valence-electron chi connectivity index (χ4n) is 4.46. The minimum atomic E-state index is -4.53. The van der Waals surface area contributed by atoms with Gasteiger partial charge in [0.15, 0.2) is 5.82 Å². The zero-order valence-electron chi connectivity index (χ0n) is 19.3. The molecule has 3 aromatic heterocycles. The predicted octanol–water partition coefficient (Wildman–Crippen LogP) is 3.85. The van der Waals surface area contributed by atoms with Crippen LogP contribution in [0.3, 0.4) is 0 Å². The molecule has 0 saturated carbocycles. The molecule has 5 rings (SSSR count). The van der Waals surface area contributed by atoms with Gasteiger partial charge in [0.25, 0.3) is 5.91 Å². The molecule has 1 aliphatic rings. The first-order valence-corrected chi connectivity index (χ1v) is 11.3. The lowest BCUT2D eigenvalue weighted by molar-refractivity contribution is -0.137. The van der Waals surface area contributed by atoms with Gasteiger partial charge in [0.1, 0.15) is 29.2 Å². The third-order valence-corrected chi connectivity index (χ3v) is 6.23. The molecular formula is C24H23F3N8O. The van der Waals surface area contributed by atoms with E-state index in [1.807, 2.05) is 0 Å². The summed E-state index contributed by atoms with van der Waals surface area (Å²) in [6, 6.07) is 8.18. The van der Waals surface area contributed by atoms with Gasteiger partial charge in [-0.3, -0.25) is 4.79 Å². The average Bonchev–Trinajstić information content (AvgIpc) is 3.25. The number of anilines is 2. The number of nitrogens with one attached hydrogen (secondary N) is 1. The highest BCUT2D eigenvalue weighted by Gasteiger charge is 2.31. The number of carbonyl (C=O) groups is 1. The number of carbonyl (C=O) groups excluding carboxylic acids is 1. The maximum absolute atomic E-state index is 12.9. The van der Waals surface area contributed by atoms with E-state index in [4.69, 9.17) is 10.7 Å². The van der Waals surface area contributed by atoms with E-state index in [2.05, 4.69) is 32.3 Å². The zero-order valence-corrected chi connectivity index (χ0v) is 19.3. The molecule has 4 heterocycles. The van der Waals surface area contributed by atoms with Crippen LogP contribution in [0.2, 0.25) is 0 Å². The molecule has 3 N–H and O–H groups in total. The minimum absolute atomic E-state index is 0.185. The number of pyridine rings is 1. The number of benzene rings is 1. The average molecular weight is 496 g/mol. The number of hydrogen-bond donors (Lipinski definition) is 2. The van der Waals surface area contributed by atoms with Gasteiger partial charge >= 0.3 is 6.18 Å². The number of fused-ring (bicyclic) bond motifs is 1. The third kappa shape index (κ3) is 4.59. The lowest BCUT2D eigenvalue weighted by Gasteiger charge is -2.28. The van der Waals surface area contributed by atoms with E-state index in [1.54, 1.807) is 28.8 Å². The number of hydrogen-bond acceptors (Lipinski definition) is 7. The summed E-state index contributed by atoms with van der Waals surface area (Å²) in [5, 5.41) is 6.80. The molecule has 1 unspecified atom stereocenters. The van der Waals surface area contributed by atoms with Gasteiger partial charge in [-0.05, 0) is 50.7 Å². The highest BCUT2D eigenvalue weighted by molar-refractivity contribution is 6.04. The first kappa shape index (κ1) is 23.7. The highest BCUT2D eigenvalue weighted by Crippen LogP contribution is 2.33. The predicted molar refractivity (Wildman–Crippen MR) is 127 cm³/mol. The van der Waals surface area contributed by atoms with Gasteiger partial charge in [0.05, 0.1) is 5.56 Å². The summed E-state index contributed by atoms with van der Waals surface area (Å²) >= 11 is 0. The molecule has 1 saturated heterocycles. The molecular weight excluding hydrogens is 473 g/mol. The molecule has 186 valence electrons. The Bertz CT molecular complexity index is 1420. The van der Waals surface area contributed by atoms with Crippen molar-refractivity contribution in [2.75, 3.05) is 31.2 Å². The number of nitrogens with two attached hydrogens (primary N) is 1. The van der Waals surface area contributed by atoms with E-state index in [1.165, 1.54) is 6.33 Å². The standard InChI is InChI=1S/C24H23F3N8O/c1-34-10-2-3-16(12-34)22-33-19(20-21(28)30-13-31-35(20)22)14-4-6-15(7-5-14)23(36)32-18-11-17(8-9-29-18)24(25,26)27/h4-9,11,13,16H,2-3,10,12H2,1H3,(H2,28,30,31)(H,29,32,36). The smallest absolute Gasteiger partial charge is 0.382 e. The van der Waals surface area contributed by atoms with Crippen molar-refractivity contribution in [1.82, 2.24) is 29.5 Å². The summed E-state index contributed by atoms with van der Waals surface area (Å²) < 4.78 is 40.6. The largest absolute Gasteiger partial charge is 0.416 e. The van der Waals surface area contributed by atoms with Gasteiger partial charge in [0, 0.05) is 29.8 Å². The quantitative estimate of drug-likeness (QED) is 0.441. The SMILES string of the molecule is CN1CCCC(c2nc(-c3ccc(C(=O)Nc4cc(C(F)(F)F)ccn4)cc3)c3c(N)ncnn23)C1. The molecule has 9 nitrogen and oxygen atoms in total. The normalized spacial score (nSPS) is 16.8. The Balaban J connectivity index is 1.43. The van der Waals surface area contributed by atoms with Crippen LogP contribution in [0.1, 0.15) is 40.5 Å². The topological polar surface area (TPSA) is 114 Å². The van der Waals surface area contributed by atoms with Crippen molar-refractivity contribution in [3.63, 3.8) is 0 Å². The number of likely N-dealkylation sites (N-methyl/N-ethyl adjacent to an activating group) is 1. The Labute approximate surface area is 204 Å². The second-order valence-corrected chi connectivity index (χ2v) is 8.78. The lowest BCUT2D eigenvalue weighted by Crippen LogP contribution is -2.31. The summed E-state index contributed by atoms with van der Waals surface area (Å²) in [6.45, 7) is 1.88. The molecule has 4 aromatic rings. The molecule has 0 bridgehead atoms. The van der Waals surface area contributed by atoms with Crippen molar-refractivity contribution in [3.8, 4) is 11.3 Å². The Morgan fingerprint density at radius 3 is 2.67 bits per heavy atom. The molecule has 0 aliphatic carbocycles. The van der Waals surface area contributed by atoms with Gasteiger partial charge in [-0.2, -0.15) is 18.3 Å². The number of rotatable bonds is 4. The van der Waals surface area contributed by atoms with Crippen LogP contribution in [-0.2, 0) is 6.18 Å². The number of imidazole rings is 1. The molecule has 0 spiro atoms. The Morgan fingerprint density at radius 2 is 1.94 bits per heavy atom. The number of nitrogens with zero attached hydrogens (tertiary/aromatic N) is 6. The van der Waals surface area contributed by atoms with Crippen LogP contribution < -0.4 is 11.1 Å². The van der Waals surface area contributed by atoms with E-state index in [0.29, 0.717) is 22.6 Å². The summed E-state index contributed by atoms with van der Waals surface area (Å²) in [5.41, 5.74) is 7.45. The lowest BCUT2D eigenvalue weighted by atomic mass is 9.98. The molecule has 1 atom stereocenters. The van der Waals surface area contributed by atoms with Crippen LogP contribution >= 0.6 is 0 Å². The monoisotopic (exact) mass is 496 g/mol. The molecule has 36 heavy (non-hydrogen) atoms. The molecule has 1 amide bonds. The number of halogens is 3. The van der Waals surface area contributed by atoms with Crippen molar-refractivity contribution in [1.29, 1.82) is 0 Å². The molecule has 1 fully saturated rings. The van der Waals surface area contributed by atoms with Crippen LogP contribution in [0.25, 0.3) is 16.8 Å².